The van der Waals surface area contributed by atoms with Gasteiger partial charge in [0.1, 0.15) is 5.82 Å². The van der Waals surface area contributed by atoms with Gasteiger partial charge >= 0.3 is 0 Å². The fraction of sp³-hybridized carbons (Fsp3) is 0.143. The van der Waals surface area contributed by atoms with Crippen LogP contribution >= 0.6 is 11.6 Å². The van der Waals surface area contributed by atoms with E-state index in [1.807, 2.05) is 31.0 Å². The van der Waals surface area contributed by atoms with Crippen LogP contribution in [0.15, 0.2) is 47.7 Å². The smallest absolute Gasteiger partial charge is 0.123 e. The minimum absolute atomic E-state index is 0.224. The maximum atomic E-state index is 13.1. The fourth-order valence-corrected chi connectivity index (χ4v) is 2.04. The van der Waals surface area contributed by atoms with Gasteiger partial charge in [0.25, 0.3) is 0 Å². The molecule has 17 heavy (non-hydrogen) atoms. The lowest BCUT2D eigenvalue weighted by molar-refractivity contribution is 0.607. The standard InChI is InChI=1S/C14H13ClFN/c1-9-8-11(16)4-5-12(9)14-7-6-13(15)10(2)17(14)3/h4-8H,2H2,1,3H3. The van der Waals surface area contributed by atoms with Crippen LogP contribution < -0.4 is 0 Å². The summed E-state index contributed by atoms with van der Waals surface area (Å²) in [6.45, 7) is 5.79. The molecule has 0 saturated heterocycles. The van der Waals surface area contributed by atoms with Crippen molar-refractivity contribution >= 4 is 17.3 Å². The van der Waals surface area contributed by atoms with Crippen LogP contribution in [0.2, 0.25) is 0 Å². The summed E-state index contributed by atoms with van der Waals surface area (Å²) >= 11 is 6.00. The van der Waals surface area contributed by atoms with Gasteiger partial charge < -0.3 is 4.90 Å². The molecular weight excluding hydrogens is 237 g/mol. The van der Waals surface area contributed by atoms with Crippen molar-refractivity contribution in [3.05, 3.63) is 64.6 Å². The molecule has 0 amide bonds. The zero-order valence-electron chi connectivity index (χ0n) is 9.80. The van der Waals surface area contributed by atoms with Crippen LogP contribution in [0, 0.1) is 12.7 Å². The second kappa shape index (κ2) is 4.38. The number of halogens is 2. The topological polar surface area (TPSA) is 3.24 Å². The Bertz CT molecular complexity index is 543. The Morgan fingerprint density at radius 2 is 2.00 bits per heavy atom. The lowest BCUT2D eigenvalue weighted by atomic mass is 10.0. The van der Waals surface area contributed by atoms with Crippen molar-refractivity contribution in [2.45, 2.75) is 6.92 Å². The first kappa shape index (κ1) is 11.9. The molecule has 1 nitrogen and oxygen atoms in total. The summed E-state index contributed by atoms with van der Waals surface area (Å²) in [7, 11) is 1.90. The molecule has 0 aliphatic carbocycles. The molecular formula is C14H13ClFN. The summed E-state index contributed by atoms with van der Waals surface area (Å²) in [5, 5.41) is 0.621. The van der Waals surface area contributed by atoms with E-state index in [0.29, 0.717) is 5.03 Å². The largest absolute Gasteiger partial charge is 0.343 e. The lowest BCUT2D eigenvalue weighted by Crippen LogP contribution is -2.18. The zero-order chi connectivity index (χ0) is 12.6. The Labute approximate surface area is 106 Å². The molecule has 0 N–H and O–H groups in total. The number of hydrogen-bond donors (Lipinski definition) is 0. The van der Waals surface area contributed by atoms with Crippen LogP contribution in [0.4, 0.5) is 4.39 Å². The van der Waals surface area contributed by atoms with Crippen LogP contribution in [0.1, 0.15) is 11.1 Å². The highest BCUT2D eigenvalue weighted by Crippen LogP contribution is 2.32. The fourth-order valence-electron chi connectivity index (χ4n) is 1.85. The molecule has 88 valence electrons. The second-order valence-electron chi connectivity index (χ2n) is 4.03. The minimum atomic E-state index is -0.224. The molecule has 1 aromatic rings. The van der Waals surface area contributed by atoms with Gasteiger partial charge in [0.2, 0.25) is 0 Å². The van der Waals surface area contributed by atoms with Gasteiger partial charge in [0, 0.05) is 18.3 Å². The molecule has 3 heteroatoms. The van der Waals surface area contributed by atoms with Gasteiger partial charge in [-0.1, -0.05) is 18.2 Å². The van der Waals surface area contributed by atoms with E-state index < -0.39 is 0 Å². The van der Waals surface area contributed by atoms with E-state index >= 15 is 0 Å². The molecule has 2 rings (SSSR count). The molecule has 0 spiro atoms. The van der Waals surface area contributed by atoms with Crippen molar-refractivity contribution in [3.8, 4) is 0 Å². The number of benzene rings is 1. The van der Waals surface area contributed by atoms with Crippen molar-refractivity contribution < 1.29 is 4.39 Å². The number of likely N-dealkylation sites (N-methyl/N-ethyl adjacent to an activating group) is 1. The van der Waals surface area contributed by atoms with Crippen molar-refractivity contribution in [2.24, 2.45) is 0 Å². The monoisotopic (exact) mass is 249 g/mol. The molecule has 0 aromatic heterocycles. The highest BCUT2D eigenvalue weighted by molar-refractivity contribution is 6.32. The number of aryl methyl sites for hydroxylation is 1. The van der Waals surface area contributed by atoms with E-state index in [0.717, 1.165) is 22.5 Å². The quantitative estimate of drug-likeness (QED) is 0.726. The Balaban J connectivity index is 2.51. The van der Waals surface area contributed by atoms with Crippen molar-refractivity contribution in [1.82, 2.24) is 4.90 Å². The predicted octanol–water partition coefficient (Wildman–Crippen LogP) is 4.06. The van der Waals surface area contributed by atoms with Crippen molar-refractivity contribution in [1.29, 1.82) is 0 Å². The second-order valence-corrected chi connectivity index (χ2v) is 4.44. The van der Waals surface area contributed by atoms with Gasteiger partial charge in [-0.3, -0.25) is 0 Å². The first-order chi connectivity index (χ1) is 8.00. The van der Waals surface area contributed by atoms with Gasteiger partial charge in [0.15, 0.2) is 0 Å². The summed E-state index contributed by atoms with van der Waals surface area (Å²) in [6.07, 6.45) is 3.72. The molecule has 0 radical (unpaired) electrons. The van der Waals surface area contributed by atoms with Crippen LogP contribution in [-0.2, 0) is 0 Å². The van der Waals surface area contributed by atoms with E-state index in [1.165, 1.54) is 12.1 Å². The third-order valence-corrected chi connectivity index (χ3v) is 3.24. The molecule has 0 unspecified atom stereocenters. The van der Waals surface area contributed by atoms with Gasteiger partial charge in [-0.2, -0.15) is 0 Å². The molecule has 0 fully saturated rings. The van der Waals surface area contributed by atoms with Crippen molar-refractivity contribution in [3.63, 3.8) is 0 Å². The summed E-state index contributed by atoms with van der Waals surface area (Å²) in [6, 6.07) is 4.75. The highest BCUT2D eigenvalue weighted by Gasteiger charge is 2.17. The van der Waals surface area contributed by atoms with Crippen LogP contribution in [0.3, 0.4) is 0 Å². The van der Waals surface area contributed by atoms with E-state index in [-0.39, 0.29) is 5.82 Å². The van der Waals surface area contributed by atoms with Crippen LogP contribution in [0.25, 0.3) is 5.70 Å². The molecule has 0 atom stereocenters. The molecule has 1 aromatic carbocycles. The minimum Gasteiger partial charge on any atom is -0.343 e. The molecule has 0 saturated carbocycles. The van der Waals surface area contributed by atoms with E-state index in [1.54, 1.807) is 6.07 Å². The number of hydrogen-bond acceptors (Lipinski definition) is 1. The van der Waals surface area contributed by atoms with Gasteiger partial charge in [-0.15, -0.1) is 0 Å². The highest BCUT2D eigenvalue weighted by atomic mass is 35.5. The third kappa shape index (κ3) is 2.13. The average Bonchev–Trinajstić information content (AvgIpc) is 2.28. The Hall–Kier alpha value is -1.54. The normalized spacial score (nSPS) is 15.8. The first-order valence-corrected chi connectivity index (χ1v) is 5.65. The van der Waals surface area contributed by atoms with E-state index in [9.17, 15) is 4.39 Å². The molecule has 0 bridgehead atoms. The molecule has 1 heterocycles. The summed E-state index contributed by atoms with van der Waals surface area (Å²) < 4.78 is 13.1. The number of allylic oxidation sites excluding steroid dienone is 3. The zero-order valence-corrected chi connectivity index (χ0v) is 10.6. The summed E-state index contributed by atoms with van der Waals surface area (Å²) in [5.74, 6) is -0.224. The summed E-state index contributed by atoms with van der Waals surface area (Å²) in [4.78, 5) is 1.91. The van der Waals surface area contributed by atoms with Gasteiger partial charge in [0.05, 0.1) is 10.7 Å². The van der Waals surface area contributed by atoms with E-state index in [4.69, 9.17) is 11.6 Å². The predicted molar refractivity (Wildman–Crippen MR) is 70.0 cm³/mol. The first-order valence-electron chi connectivity index (χ1n) is 5.27. The maximum Gasteiger partial charge on any atom is 0.123 e. The SMILES string of the molecule is C=C1C(Cl)=CC=C(c2ccc(F)cc2C)N1C. The third-order valence-electron chi connectivity index (χ3n) is 2.89. The maximum absolute atomic E-state index is 13.1. The number of rotatable bonds is 1. The van der Waals surface area contributed by atoms with Gasteiger partial charge in [-0.25, -0.2) is 4.39 Å². The lowest BCUT2D eigenvalue weighted by Gasteiger charge is -2.28. The Morgan fingerprint density at radius 1 is 1.29 bits per heavy atom. The number of nitrogens with zero attached hydrogens (tertiary/aromatic N) is 1. The van der Waals surface area contributed by atoms with Crippen molar-refractivity contribution in [2.75, 3.05) is 7.05 Å². The molecule has 1 aliphatic heterocycles. The average molecular weight is 250 g/mol. The van der Waals surface area contributed by atoms with Crippen LogP contribution in [-0.4, -0.2) is 11.9 Å². The Morgan fingerprint density at radius 3 is 2.65 bits per heavy atom. The van der Waals surface area contributed by atoms with E-state index in [2.05, 4.69) is 6.58 Å². The Kier molecular flexibility index (Phi) is 3.07. The van der Waals surface area contributed by atoms with Crippen LogP contribution in [0.5, 0.6) is 0 Å². The summed E-state index contributed by atoms with van der Waals surface area (Å²) in [5.41, 5.74) is 3.59. The van der Waals surface area contributed by atoms with Gasteiger partial charge in [-0.05, 0) is 42.8 Å². The molecule has 1 aliphatic rings.